The van der Waals surface area contributed by atoms with E-state index in [1.807, 2.05) is 39.0 Å². The number of unbranched alkanes of at least 4 members (excludes halogenated alkanes) is 1. The molecule has 1 aromatic carbocycles. The smallest absolute Gasteiger partial charge is 0.347 e. The van der Waals surface area contributed by atoms with E-state index in [1.54, 1.807) is 0 Å². The second kappa shape index (κ2) is 13.2. The van der Waals surface area contributed by atoms with Crippen LogP contribution >= 0.6 is 0 Å². The molecule has 37 heavy (non-hydrogen) atoms. The lowest BCUT2D eigenvalue weighted by Crippen LogP contribution is -2.42. The van der Waals surface area contributed by atoms with Crippen LogP contribution in [0.4, 0.5) is 0 Å². The Balaban J connectivity index is 1.65. The van der Waals surface area contributed by atoms with Gasteiger partial charge in [-0.05, 0) is 80.6 Å². The van der Waals surface area contributed by atoms with Crippen molar-refractivity contribution in [3.63, 3.8) is 0 Å². The van der Waals surface area contributed by atoms with Gasteiger partial charge < -0.3 is 24.8 Å². The van der Waals surface area contributed by atoms with Gasteiger partial charge in [0.25, 0.3) is 0 Å². The van der Waals surface area contributed by atoms with Crippen LogP contribution < -0.4 is 4.74 Å². The van der Waals surface area contributed by atoms with E-state index in [0.717, 1.165) is 36.8 Å². The minimum Gasteiger partial charge on any atom is -0.479 e. The van der Waals surface area contributed by atoms with Crippen molar-refractivity contribution in [3.8, 4) is 5.75 Å². The number of allylic oxidation sites excluding steroid dienone is 3. The highest BCUT2D eigenvalue weighted by molar-refractivity contribution is 5.75. The average Bonchev–Trinajstić information content (AvgIpc) is 2.87. The van der Waals surface area contributed by atoms with Crippen molar-refractivity contribution < 1.29 is 34.4 Å². The first-order valence-electron chi connectivity index (χ1n) is 13.5. The highest BCUT2D eigenvalue weighted by Crippen LogP contribution is 2.44. The monoisotopic (exact) mass is 514 g/mol. The van der Waals surface area contributed by atoms with Crippen molar-refractivity contribution in [2.45, 2.75) is 97.1 Å². The largest absolute Gasteiger partial charge is 0.479 e. The normalized spacial score (nSPS) is 25.4. The van der Waals surface area contributed by atoms with Gasteiger partial charge in [-0.25, -0.2) is 9.59 Å². The second-order valence-corrected chi connectivity index (χ2v) is 10.5. The van der Waals surface area contributed by atoms with Gasteiger partial charge in [-0.15, -0.1) is 0 Å². The fourth-order valence-electron chi connectivity index (χ4n) is 5.54. The van der Waals surface area contributed by atoms with Crippen LogP contribution in [-0.2, 0) is 14.3 Å². The van der Waals surface area contributed by atoms with Crippen molar-refractivity contribution in [1.29, 1.82) is 0 Å². The van der Waals surface area contributed by atoms with Gasteiger partial charge in [0, 0.05) is 5.92 Å². The predicted molar refractivity (Wildman–Crippen MR) is 141 cm³/mol. The molecule has 1 aromatic rings. The average molecular weight is 515 g/mol. The van der Waals surface area contributed by atoms with E-state index in [0.29, 0.717) is 24.5 Å². The van der Waals surface area contributed by atoms with Crippen LogP contribution in [0.3, 0.4) is 0 Å². The molecule has 0 amide bonds. The number of benzene rings is 1. The summed E-state index contributed by atoms with van der Waals surface area (Å²) in [6.07, 6.45) is 7.25. The number of hydrogen-bond donors (Lipinski definition) is 3. The number of aryl methyl sites for hydroxylation is 1. The van der Waals surface area contributed by atoms with Crippen LogP contribution in [0.1, 0.15) is 69.9 Å². The molecule has 7 atom stereocenters. The number of carboxylic acid groups (broad SMARTS) is 1. The molecule has 7 nitrogen and oxygen atoms in total. The fourth-order valence-corrected chi connectivity index (χ4v) is 5.54. The first kappa shape index (κ1) is 28.9. The van der Waals surface area contributed by atoms with Crippen LogP contribution in [0.5, 0.6) is 5.75 Å². The van der Waals surface area contributed by atoms with Gasteiger partial charge >= 0.3 is 11.9 Å². The molecule has 7 heteroatoms. The Morgan fingerprint density at radius 1 is 1.16 bits per heavy atom. The summed E-state index contributed by atoms with van der Waals surface area (Å²) < 4.78 is 12.3. The standard InChI is InChI=1S/C30H42O7/c1-5-24(36-25-14-8-10-18(2)20(25)4)30(35)37-26-15-9-11-21-17-16-19(3)22(27(21)26)12-6-7-13-23(31)28(32)29(33)34/h8,10-11,14,16-17,19,22-24,26-28,31-32H,5-7,9,12-13,15H2,1-4H3,(H,33,34). The third-order valence-electron chi connectivity index (χ3n) is 7.98. The molecule has 0 fully saturated rings. The minimum absolute atomic E-state index is 0.0884. The highest BCUT2D eigenvalue weighted by Gasteiger charge is 2.40. The van der Waals surface area contributed by atoms with Crippen molar-refractivity contribution in [1.82, 2.24) is 0 Å². The molecule has 2 aliphatic rings. The van der Waals surface area contributed by atoms with Crippen LogP contribution in [0.25, 0.3) is 0 Å². The van der Waals surface area contributed by atoms with Crippen molar-refractivity contribution in [2.24, 2.45) is 17.8 Å². The molecule has 0 spiro atoms. The summed E-state index contributed by atoms with van der Waals surface area (Å²) in [7, 11) is 0. The third kappa shape index (κ3) is 7.23. The summed E-state index contributed by atoms with van der Waals surface area (Å²) in [5.74, 6) is -0.394. The molecular formula is C30H42O7. The lowest BCUT2D eigenvalue weighted by atomic mass is 9.66. The Bertz CT molecular complexity index is 998. The zero-order valence-corrected chi connectivity index (χ0v) is 22.4. The van der Waals surface area contributed by atoms with E-state index in [2.05, 4.69) is 25.2 Å². The molecule has 2 aliphatic carbocycles. The van der Waals surface area contributed by atoms with E-state index in [-0.39, 0.29) is 30.3 Å². The van der Waals surface area contributed by atoms with Crippen molar-refractivity contribution >= 4 is 11.9 Å². The number of aliphatic hydroxyl groups excluding tert-OH is 2. The Morgan fingerprint density at radius 2 is 1.92 bits per heavy atom. The lowest BCUT2D eigenvalue weighted by Gasteiger charge is -2.42. The van der Waals surface area contributed by atoms with Crippen LogP contribution in [0.2, 0.25) is 0 Å². The van der Waals surface area contributed by atoms with Crippen molar-refractivity contribution in [3.05, 3.63) is 53.1 Å². The summed E-state index contributed by atoms with van der Waals surface area (Å²) in [5.41, 5.74) is 3.33. The molecule has 204 valence electrons. The molecular weight excluding hydrogens is 472 g/mol. The molecule has 0 radical (unpaired) electrons. The van der Waals surface area contributed by atoms with Gasteiger partial charge in [-0.2, -0.15) is 0 Å². The highest BCUT2D eigenvalue weighted by atomic mass is 16.6. The summed E-state index contributed by atoms with van der Waals surface area (Å²) in [4.78, 5) is 24.2. The first-order valence-corrected chi connectivity index (χ1v) is 13.5. The SMILES string of the molecule is CCC(Oc1cccc(C)c1C)C(=O)OC1CCC=C2C=CC(C)C(CCCCC(O)C(O)C(=O)O)C21. The first-order chi connectivity index (χ1) is 17.6. The Hall–Kier alpha value is -2.64. The molecule has 7 unspecified atom stereocenters. The zero-order valence-electron chi connectivity index (χ0n) is 22.4. The quantitative estimate of drug-likeness (QED) is 0.269. The molecule has 0 heterocycles. The zero-order chi connectivity index (χ0) is 27.1. The Kier molecular flexibility index (Phi) is 10.4. The van der Waals surface area contributed by atoms with Gasteiger partial charge in [0.2, 0.25) is 0 Å². The number of rotatable bonds is 12. The molecule has 3 N–H and O–H groups in total. The maximum Gasteiger partial charge on any atom is 0.347 e. The van der Waals surface area contributed by atoms with Crippen molar-refractivity contribution in [2.75, 3.05) is 0 Å². The van der Waals surface area contributed by atoms with Gasteiger partial charge in [-0.1, -0.05) is 57.0 Å². The maximum atomic E-state index is 13.3. The number of esters is 1. The van der Waals surface area contributed by atoms with Gasteiger partial charge in [0.05, 0.1) is 6.10 Å². The third-order valence-corrected chi connectivity index (χ3v) is 7.98. The second-order valence-electron chi connectivity index (χ2n) is 10.5. The Labute approximate surface area is 220 Å². The van der Waals surface area contributed by atoms with E-state index in [1.165, 1.54) is 5.57 Å². The number of carbonyl (C=O) groups excluding carboxylic acids is 1. The topological polar surface area (TPSA) is 113 Å². The summed E-state index contributed by atoms with van der Waals surface area (Å²) in [6, 6.07) is 5.83. The minimum atomic E-state index is -1.76. The van der Waals surface area contributed by atoms with E-state index in [9.17, 15) is 19.8 Å². The van der Waals surface area contributed by atoms with Crippen LogP contribution in [-0.4, -0.2) is 51.7 Å². The summed E-state index contributed by atoms with van der Waals surface area (Å²) in [6.45, 7) is 8.10. The van der Waals surface area contributed by atoms with E-state index >= 15 is 0 Å². The number of hydrogen-bond acceptors (Lipinski definition) is 6. The van der Waals surface area contributed by atoms with Gasteiger partial charge in [0.1, 0.15) is 11.9 Å². The summed E-state index contributed by atoms with van der Waals surface area (Å²) >= 11 is 0. The number of carbonyl (C=O) groups is 2. The van der Waals surface area contributed by atoms with Gasteiger partial charge in [-0.3, -0.25) is 0 Å². The lowest BCUT2D eigenvalue weighted by molar-refractivity contribution is -0.162. The van der Waals surface area contributed by atoms with Crippen LogP contribution in [0, 0.1) is 31.6 Å². The number of carboxylic acids is 1. The number of fused-ring (bicyclic) bond motifs is 1. The molecule has 3 rings (SSSR count). The summed E-state index contributed by atoms with van der Waals surface area (Å²) in [5, 5.41) is 28.3. The van der Waals surface area contributed by atoms with Crippen LogP contribution in [0.15, 0.2) is 42.0 Å². The molecule has 0 bridgehead atoms. The predicted octanol–water partition coefficient (Wildman–Crippen LogP) is 4.90. The maximum absolute atomic E-state index is 13.3. The van der Waals surface area contributed by atoms with E-state index in [4.69, 9.17) is 14.6 Å². The number of ether oxygens (including phenoxy) is 2. The van der Waals surface area contributed by atoms with E-state index < -0.39 is 24.3 Å². The number of aliphatic hydroxyl groups is 2. The Morgan fingerprint density at radius 3 is 2.62 bits per heavy atom. The number of aliphatic carboxylic acids is 1. The fraction of sp³-hybridized carbons (Fsp3) is 0.600. The molecule has 0 saturated carbocycles. The molecule has 0 aliphatic heterocycles. The molecule has 0 saturated heterocycles. The van der Waals surface area contributed by atoms with Gasteiger partial charge in [0.15, 0.2) is 12.2 Å². The molecule has 0 aromatic heterocycles.